The van der Waals surface area contributed by atoms with Crippen LogP contribution >= 0.6 is 0 Å². The van der Waals surface area contributed by atoms with Crippen LogP contribution in [0.25, 0.3) is 22.3 Å². The molecule has 1 spiro atoms. The Morgan fingerprint density at radius 3 is 2.20 bits per heavy atom. The molecule has 0 N–H and O–H groups in total. The second kappa shape index (κ2) is 9.75. The summed E-state index contributed by atoms with van der Waals surface area (Å²) in [5.74, 6) is 3.54. The summed E-state index contributed by atoms with van der Waals surface area (Å²) in [4.78, 5) is 12.2. The van der Waals surface area contributed by atoms with Crippen molar-refractivity contribution in [2.75, 3.05) is 59.1 Å². The first-order valence-corrected chi connectivity index (χ1v) is 11.9. The molecule has 186 valence electrons. The van der Waals surface area contributed by atoms with Crippen molar-refractivity contribution in [1.29, 1.82) is 0 Å². The SMILES string of the molecule is CCOc1cc2nc(-c3ccc(OC)c(OC)c3)nc(N3CCC4(CC3)OCCO4)c2cc1OC. The lowest BCUT2D eigenvalue weighted by Crippen LogP contribution is -2.45. The van der Waals surface area contributed by atoms with Gasteiger partial charge in [-0.25, -0.2) is 9.97 Å². The Morgan fingerprint density at radius 1 is 0.857 bits per heavy atom. The van der Waals surface area contributed by atoms with Gasteiger partial charge in [-0.15, -0.1) is 0 Å². The molecular weight excluding hydrogens is 450 g/mol. The molecule has 9 heteroatoms. The lowest BCUT2D eigenvalue weighted by atomic mass is 10.0. The van der Waals surface area contributed by atoms with Crippen molar-refractivity contribution in [3.05, 3.63) is 30.3 Å². The number of ether oxygens (including phenoxy) is 6. The van der Waals surface area contributed by atoms with Crippen molar-refractivity contribution in [2.45, 2.75) is 25.6 Å². The molecule has 2 saturated heterocycles. The summed E-state index contributed by atoms with van der Waals surface area (Å²) in [6, 6.07) is 9.57. The summed E-state index contributed by atoms with van der Waals surface area (Å²) in [6.45, 7) is 5.28. The van der Waals surface area contributed by atoms with Gasteiger partial charge in [0.1, 0.15) is 5.82 Å². The van der Waals surface area contributed by atoms with E-state index < -0.39 is 5.79 Å². The van der Waals surface area contributed by atoms with Gasteiger partial charge in [-0.05, 0) is 31.2 Å². The lowest BCUT2D eigenvalue weighted by Gasteiger charge is -2.38. The molecule has 0 amide bonds. The zero-order valence-corrected chi connectivity index (χ0v) is 20.6. The number of fused-ring (bicyclic) bond motifs is 1. The highest BCUT2D eigenvalue weighted by atomic mass is 16.7. The molecule has 0 unspecified atom stereocenters. The third kappa shape index (κ3) is 4.41. The fourth-order valence-electron chi connectivity index (χ4n) is 4.74. The molecule has 2 aliphatic heterocycles. The van der Waals surface area contributed by atoms with Gasteiger partial charge in [0.2, 0.25) is 0 Å². The van der Waals surface area contributed by atoms with Crippen LogP contribution in [0.4, 0.5) is 5.82 Å². The van der Waals surface area contributed by atoms with E-state index in [2.05, 4.69) is 4.90 Å². The second-order valence-electron chi connectivity index (χ2n) is 8.49. The van der Waals surface area contributed by atoms with Crippen LogP contribution in [0.3, 0.4) is 0 Å². The van der Waals surface area contributed by atoms with Crippen molar-refractivity contribution >= 4 is 16.7 Å². The van der Waals surface area contributed by atoms with E-state index in [9.17, 15) is 0 Å². The Bertz CT molecular complexity index is 1200. The van der Waals surface area contributed by atoms with Crippen LogP contribution in [0.2, 0.25) is 0 Å². The fraction of sp³-hybridized carbons (Fsp3) is 0.462. The Morgan fingerprint density at radius 2 is 1.54 bits per heavy atom. The first-order chi connectivity index (χ1) is 17.1. The van der Waals surface area contributed by atoms with Gasteiger partial charge < -0.3 is 33.3 Å². The summed E-state index contributed by atoms with van der Waals surface area (Å²) in [5, 5.41) is 0.902. The van der Waals surface area contributed by atoms with E-state index in [4.69, 9.17) is 38.4 Å². The topological polar surface area (TPSA) is 84.4 Å². The van der Waals surface area contributed by atoms with Crippen molar-refractivity contribution in [3.63, 3.8) is 0 Å². The van der Waals surface area contributed by atoms with E-state index >= 15 is 0 Å². The molecule has 5 rings (SSSR count). The molecule has 0 saturated carbocycles. The zero-order chi connectivity index (χ0) is 24.4. The van der Waals surface area contributed by atoms with E-state index in [1.54, 1.807) is 21.3 Å². The molecule has 2 aromatic carbocycles. The molecule has 2 aliphatic rings. The highest BCUT2D eigenvalue weighted by molar-refractivity contribution is 5.93. The van der Waals surface area contributed by atoms with Crippen molar-refractivity contribution in [2.24, 2.45) is 0 Å². The lowest BCUT2D eigenvalue weighted by molar-refractivity contribution is -0.169. The molecule has 9 nitrogen and oxygen atoms in total. The molecule has 35 heavy (non-hydrogen) atoms. The third-order valence-electron chi connectivity index (χ3n) is 6.54. The number of aromatic nitrogens is 2. The van der Waals surface area contributed by atoms with Crippen LogP contribution < -0.4 is 23.8 Å². The number of anilines is 1. The van der Waals surface area contributed by atoms with Crippen LogP contribution in [0.1, 0.15) is 19.8 Å². The summed E-state index contributed by atoms with van der Waals surface area (Å²) in [7, 11) is 4.87. The molecule has 2 fully saturated rings. The predicted octanol–water partition coefficient (Wildman–Crippen LogP) is 4.06. The molecular formula is C26H31N3O6. The zero-order valence-electron chi connectivity index (χ0n) is 20.6. The van der Waals surface area contributed by atoms with Crippen LogP contribution in [-0.4, -0.2) is 70.0 Å². The Labute approximate surface area is 204 Å². The van der Waals surface area contributed by atoms with Crippen LogP contribution in [0.5, 0.6) is 23.0 Å². The van der Waals surface area contributed by atoms with Gasteiger partial charge in [0, 0.05) is 42.9 Å². The first kappa shape index (κ1) is 23.4. The van der Waals surface area contributed by atoms with Gasteiger partial charge in [0.15, 0.2) is 34.6 Å². The summed E-state index contributed by atoms with van der Waals surface area (Å²) in [5.41, 5.74) is 1.60. The van der Waals surface area contributed by atoms with Gasteiger partial charge in [0.25, 0.3) is 0 Å². The largest absolute Gasteiger partial charge is 0.493 e. The minimum absolute atomic E-state index is 0.467. The number of nitrogens with zero attached hydrogens (tertiary/aromatic N) is 3. The van der Waals surface area contributed by atoms with Gasteiger partial charge >= 0.3 is 0 Å². The maximum absolute atomic E-state index is 5.93. The third-order valence-corrected chi connectivity index (χ3v) is 6.54. The van der Waals surface area contributed by atoms with Gasteiger partial charge in [0.05, 0.1) is 46.7 Å². The second-order valence-corrected chi connectivity index (χ2v) is 8.49. The highest BCUT2D eigenvalue weighted by Gasteiger charge is 2.40. The normalized spacial score (nSPS) is 17.1. The number of piperidine rings is 1. The maximum Gasteiger partial charge on any atom is 0.171 e. The average Bonchev–Trinajstić information content (AvgIpc) is 3.35. The Hall–Kier alpha value is -3.30. The smallest absolute Gasteiger partial charge is 0.171 e. The number of hydrogen-bond acceptors (Lipinski definition) is 9. The van der Waals surface area contributed by atoms with E-state index in [0.717, 1.165) is 48.2 Å². The quantitative estimate of drug-likeness (QED) is 0.496. The summed E-state index contributed by atoms with van der Waals surface area (Å²) in [6.07, 6.45) is 1.55. The number of rotatable bonds is 7. The monoisotopic (exact) mass is 481 g/mol. The number of hydrogen-bond donors (Lipinski definition) is 0. The van der Waals surface area contributed by atoms with E-state index in [1.807, 2.05) is 37.3 Å². The van der Waals surface area contributed by atoms with Crippen LogP contribution in [0, 0.1) is 0 Å². The Kier molecular flexibility index (Phi) is 6.53. The van der Waals surface area contributed by atoms with Crippen molar-refractivity contribution < 1.29 is 28.4 Å². The minimum Gasteiger partial charge on any atom is -0.493 e. The average molecular weight is 482 g/mol. The van der Waals surface area contributed by atoms with E-state index in [1.165, 1.54) is 0 Å². The number of benzene rings is 2. The van der Waals surface area contributed by atoms with E-state index in [0.29, 0.717) is 48.6 Å². The number of methoxy groups -OCH3 is 3. The molecule has 3 aromatic rings. The summed E-state index contributed by atoms with van der Waals surface area (Å²) >= 11 is 0. The van der Waals surface area contributed by atoms with Gasteiger partial charge in [-0.2, -0.15) is 0 Å². The molecule has 0 aliphatic carbocycles. The molecule has 1 aromatic heterocycles. The molecule has 0 radical (unpaired) electrons. The maximum atomic E-state index is 5.93. The first-order valence-electron chi connectivity index (χ1n) is 11.9. The van der Waals surface area contributed by atoms with Gasteiger partial charge in [-0.3, -0.25) is 0 Å². The standard InChI is InChI=1S/C26H31N3O6/c1-5-33-23-16-19-18(15-22(23)32-4)25(29-10-8-26(9-11-29)34-12-13-35-26)28-24(27-19)17-6-7-20(30-2)21(14-17)31-3/h6-7,14-16H,5,8-13H2,1-4H3. The molecule has 0 bridgehead atoms. The van der Waals surface area contributed by atoms with Crippen molar-refractivity contribution in [1.82, 2.24) is 9.97 Å². The van der Waals surface area contributed by atoms with E-state index in [-0.39, 0.29) is 0 Å². The van der Waals surface area contributed by atoms with Crippen LogP contribution in [-0.2, 0) is 9.47 Å². The highest BCUT2D eigenvalue weighted by Crippen LogP contribution is 2.40. The fourth-order valence-corrected chi connectivity index (χ4v) is 4.74. The van der Waals surface area contributed by atoms with Crippen molar-refractivity contribution in [3.8, 4) is 34.4 Å². The minimum atomic E-state index is -0.467. The Balaban J connectivity index is 1.62. The molecule has 3 heterocycles. The van der Waals surface area contributed by atoms with Crippen LogP contribution in [0.15, 0.2) is 30.3 Å². The van der Waals surface area contributed by atoms with Gasteiger partial charge in [-0.1, -0.05) is 0 Å². The predicted molar refractivity (Wildman–Crippen MR) is 132 cm³/mol. The summed E-state index contributed by atoms with van der Waals surface area (Å²) < 4.78 is 34.2. The molecule has 0 atom stereocenters.